The minimum absolute atomic E-state index is 0.0122. The van der Waals surface area contributed by atoms with E-state index in [1.54, 1.807) is 0 Å². The summed E-state index contributed by atoms with van der Waals surface area (Å²) in [6.45, 7) is 92.6. The standard InChI is InChI=1S/C16H23NO.C13H19NO.C13H19N.C12H23NO.C11H22N2.C10H20N2S.C10H17N.C9H17NO.C8H15NO/c1-15(2,3)17-10-8-16(9-11-17)14-7-5-4-6-13(14)12-18-16;1-13(2,3)14-8-9-15-12-7-5-4-6-11(12)10-14;1-13(2,3)14-10-6-8-11-7-4-5-9-12(11)14;1-11(2,3)13-8-6-12(7-9-13)5-4-10-14-12;1-10(2,3)13-7-5-11(9-13)4-6-12-8-11;1-10(2,3)12-6-8-4-11-5-9(7-12)13-8;1-9-6-5-7-11(8-9)10(2,3)4;1-9(2,3)10-5-8-4-7(10)6-11-8;1-8(2,3)9-4-6-7(5-9)10-6/h4-7H,8-12H2,1-3H3;4-7H,8-10H2,1-3H3;4-5,7,9H,6,8,10H2,1-3H3;4-10H2,1-3H3;12H,4-9H2,1-3H3;8-9,11H,4-7H2,1-3H3;5-6H,1,7-8H2,2-4H3;7-8H,4-6H2,1-3H3;6-7H,4-5H2,1-3H3. The van der Waals surface area contributed by atoms with E-state index in [1.807, 2.05) is 6.07 Å². The van der Waals surface area contributed by atoms with Gasteiger partial charge in [-0.15, -0.1) is 11.8 Å². The molecule has 7 unspecified atom stereocenters. The van der Waals surface area contributed by atoms with Crippen molar-refractivity contribution >= 4 is 17.4 Å². The molecule has 3 spiro atoms. The normalized spacial score (nSPS) is 27.8. The van der Waals surface area contributed by atoms with Gasteiger partial charge in [-0.05, 0) is 310 Å². The molecule has 0 saturated carbocycles. The van der Waals surface area contributed by atoms with Gasteiger partial charge in [0.05, 0.1) is 42.7 Å². The lowest BCUT2D eigenvalue weighted by atomic mass is 9.82. The molecular weight excluding hydrogens is 1490 g/mol. The molecule has 3 aromatic carbocycles. The summed E-state index contributed by atoms with van der Waals surface area (Å²) in [5.41, 5.74) is 12.0. The Bertz CT molecular complexity index is 3620. The van der Waals surface area contributed by atoms with E-state index < -0.39 is 0 Å². The van der Waals surface area contributed by atoms with Crippen molar-refractivity contribution in [1.82, 2.24) is 49.8 Å². The maximum atomic E-state index is 6.19. The third-order valence-electron chi connectivity index (χ3n) is 28.0. The van der Waals surface area contributed by atoms with Crippen LogP contribution >= 0.6 is 11.8 Å². The maximum absolute atomic E-state index is 6.19. The number of para-hydroxylation sites is 2. The van der Waals surface area contributed by atoms with Crippen molar-refractivity contribution in [2.75, 3.05) is 149 Å². The second-order valence-electron chi connectivity index (χ2n) is 46.4. The van der Waals surface area contributed by atoms with Gasteiger partial charge < -0.3 is 39.2 Å². The van der Waals surface area contributed by atoms with Gasteiger partial charge in [0.2, 0.25) is 0 Å². The Hall–Kier alpha value is -3.47. The van der Waals surface area contributed by atoms with Gasteiger partial charge in [0.15, 0.2) is 0 Å². The molecule has 11 saturated heterocycles. The first-order chi connectivity index (χ1) is 55.4. The molecule has 11 fully saturated rings. The van der Waals surface area contributed by atoms with Crippen molar-refractivity contribution in [3.05, 3.63) is 119 Å². The number of hydrogen-bond acceptors (Lipinski definition) is 17. The Labute approximate surface area is 732 Å². The molecule has 0 aliphatic carbocycles. The summed E-state index contributed by atoms with van der Waals surface area (Å²) in [6.07, 6.45) is 19.9. The molecule has 0 amide bonds. The number of piperidine rings is 2. The predicted molar refractivity (Wildman–Crippen MR) is 505 cm³/mol. The van der Waals surface area contributed by atoms with Crippen LogP contribution in [0.4, 0.5) is 5.69 Å². The molecule has 15 aliphatic heterocycles. The summed E-state index contributed by atoms with van der Waals surface area (Å²) in [7, 11) is 0. The minimum atomic E-state index is 0.0122. The summed E-state index contributed by atoms with van der Waals surface area (Å²) in [6, 6.07) is 26.5. The number of ether oxygens (including phenoxy) is 5. The van der Waals surface area contributed by atoms with Gasteiger partial charge in [0.25, 0.3) is 0 Å². The minimum Gasteiger partial charge on any atom is -0.492 e. The number of thioether (sulfide) groups is 1. The highest BCUT2D eigenvalue weighted by atomic mass is 32.2. The van der Waals surface area contributed by atoms with E-state index >= 15 is 0 Å². The zero-order valence-corrected chi connectivity index (χ0v) is 81.8. The smallest absolute Gasteiger partial charge is 0.123 e. The van der Waals surface area contributed by atoms with Crippen molar-refractivity contribution in [2.45, 2.75) is 367 Å². The number of hydrogen-bond donors (Lipinski definition) is 2. The lowest BCUT2D eigenvalue weighted by Gasteiger charge is -2.47. The van der Waals surface area contributed by atoms with Crippen LogP contribution < -0.4 is 20.3 Å². The van der Waals surface area contributed by atoms with E-state index in [1.165, 1.54) is 163 Å². The average Bonchev–Trinajstić information content (AvgIpc) is 1.63. The number of aryl methyl sites for hydroxylation is 1. The maximum Gasteiger partial charge on any atom is 0.123 e. The van der Waals surface area contributed by atoms with Crippen LogP contribution in [0.2, 0.25) is 0 Å². The van der Waals surface area contributed by atoms with E-state index in [9.17, 15) is 0 Å². The van der Waals surface area contributed by atoms with Crippen LogP contribution in [0, 0.1) is 5.41 Å². The molecule has 16 nitrogen and oxygen atoms in total. The number of epoxide rings is 1. The van der Waals surface area contributed by atoms with Crippen molar-refractivity contribution in [2.24, 2.45) is 5.41 Å². The van der Waals surface area contributed by atoms with Gasteiger partial charge in [-0.25, -0.2) is 0 Å². The molecule has 0 radical (unpaired) electrons. The molecule has 4 bridgehead atoms. The molecule has 17 heteroatoms. The van der Waals surface area contributed by atoms with Crippen LogP contribution in [0.3, 0.4) is 0 Å². The first-order valence-electron chi connectivity index (χ1n) is 47.0. The highest BCUT2D eigenvalue weighted by Gasteiger charge is 2.51. The van der Waals surface area contributed by atoms with E-state index in [0.717, 1.165) is 114 Å². The molecular formula is C102H175N11O5S. The summed E-state index contributed by atoms with van der Waals surface area (Å²) < 4.78 is 28.7. The number of nitrogens with one attached hydrogen (secondary N) is 2. The Balaban J connectivity index is 0.000000141. The molecule has 15 heterocycles. The van der Waals surface area contributed by atoms with Crippen molar-refractivity contribution in [3.8, 4) is 5.75 Å². The molecule has 18 rings (SSSR count). The second kappa shape index (κ2) is 40.2. The number of likely N-dealkylation sites (tertiary alicyclic amines) is 5. The fourth-order valence-corrected chi connectivity index (χ4v) is 21.5. The van der Waals surface area contributed by atoms with Gasteiger partial charge in [0, 0.05) is 202 Å². The first kappa shape index (κ1) is 97.7. The third kappa shape index (κ3) is 28.0. The lowest BCUT2D eigenvalue weighted by Crippen LogP contribution is -2.58. The molecule has 15 aliphatic rings. The van der Waals surface area contributed by atoms with Crippen molar-refractivity contribution < 1.29 is 23.7 Å². The summed E-state index contributed by atoms with van der Waals surface area (Å²) in [5, 5.41) is 8.66. The second-order valence-corrected chi connectivity index (χ2v) is 48.1. The molecule has 2 N–H and O–H groups in total. The summed E-state index contributed by atoms with van der Waals surface area (Å²) in [5.74, 6) is 1.05. The van der Waals surface area contributed by atoms with Gasteiger partial charge in [-0.1, -0.05) is 79.4 Å². The largest absolute Gasteiger partial charge is 0.492 e. The summed E-state index contributed by atoms with van der Waals surface area (Å²) in [4.78, 5) is 22.9. The topological polar surface area (TPSA) is 103 Å². The lowest BCUT2D eigenvalue weighted by molar-refractivity contribution is -0.0903. The SMILES string of the molecule is C=C1C=CCN(C(C)(C)C)C1.CC(C)(C)N1CC2CC1CO2.CC(C)(C)N1CC2CNCC(C1)S2.CC(C)(C)N1CC2OC2C1.CC(C)(C)N1CCC2(CC1)OCc1ccccc12.CC(C)(C)N1CCC2(CCCO2)CC1.CC(C)(C)N1CCC2(CCNC2)C1.CC(C)(C)N1CCCc2ccccc21.CC(C)(C)N1CCOc2ccccc2C1. The Morgan fingerprint density at radius 2 is 1.01 bits per heavy atom. The predicted octanol–water partition coefficient (Wildman–Crippen LogP) is 18.6. The van der Waals surface area contributed by atoms with Crippen LogP contribution in [0.1, 0.15) is 273 Å². The third-order valence-corrected chi connectivity index (χ3v) is 29.4. The molecule has 674 valence electrons. The van der Waals surface area contributed by atoms with Crippen LogP contribution in [-0.4, -0.2) is 274 Å². The van der Waals surface area contributed by atoms with Crippen LogP contribution in [0.15, 0.2) is 97.1 Å². The van der Waals surface area contributed by atoms with E-state index in [4.69, 9.17) is 23.7 Å². The van der Waals surface area contributed by atoms with Gasteiger partial charge >= 0.3 is 0 Å². The quantitative estimate of drug-likeness (QED) is 0.209. The molecule has 7 atom stereocenters. The highest BCUT2D eigenvalue weighted by Crippen LogP contribution is 2.46. The zero-order chi connectivity index (χ0) is 87.0. The monoisotopic (exact) mass is 1670 g/mol. The van der Waals surface area contributed by atoms with E-state index in [0.29, 0.717) is 57.5 Å². The number of nitrogens with zero attached hydrogens (tertiary/aromatic N) is 9. The zero-order valence-electron chi connectivity index (χ0n) is 81.0. The van der Waals surface area contributed by atoms with Crippen LogP contribution in [0.25, 0.3) is 0 Å². The Kier molecular flexibility index (Phi) is 33.0. The summed E-state index contributed by atoms with van der Waals surface area (Å²) >= 11 is 2.19. The fraction of sp³-hybridized carbons (Fsp3) is 0.784. The fourth-order valence-electron chi connectivity index (χ4n) is 20.0. The number of morpholine rings is 2. The Morgan fingerprint density at radius 1 is 0.462 bits per heavy atom. The number of benzene rings is 3. The molecule has 3 aromatic rings. The van der Waals surface area contributed by atoms with Gasteiger partial charge in [0.1, 0.15) is 12.4 Å². The Morgan fingerprint density at radius 3 is 1.50 bits per heavy atom. The van der Waals surface area contributed by atoms with Crippen LogP contribution in [-0.2, 0) is 44.1 Å². The molecule has 0 aromatic heterocycles. The average molecular weight is 1670 g/mol. The molecule has 119 heavy (non-hydrogen) atoms. The number of anilines is 1. The van der Waals surface area contributed by atoms with Crippen molar-refractivity contribution in [3.63, 3.8) is 0 Å². The first-order valence-corrected chi connectivity index (χ1v) is 48.0. The van der Waals surface area contributed by atoms with Crippen molar-refractivity contribution in [1.29, 1.82) is 0 Å². The van der Waals surface area contributed by atoms with Gasteiger partial charge in [-0.3, -0.25) is 39.2 Å². The van der Waals surface area contributed by atoms with Gasteiger partial charge in [-0.2, -0.15) is 0 Å². The van der Waals surface area contributed by atoms with E-state index in [2.05, 4.69) is 339 Å². The number of rotatable bonds is 0. The van der Waals surface area contributed by atoms with Crippen LogP contribution in [0.5, 0.6) is 5.75 Å². The highest BCUT2D eigenvalue weighted by molar-refractivity contribution is 8.00. The number of fused-ring (bicyclic) bond motifs is 9. The van der Waals surface area contributed by atoms with E-state index in [-0.39, 0.29) is 33.4 Å².